The Hall–Kier alpha value is -3.31. The lowest BCUT2D eigenvalue weighted by Crippen LogP contribution is -2.14. The zero-order valence-corrected chi connectivity index (χ0v) is 66.1. The summed E-state index contributed by atoms with van der Waals surface area (Å²) < 4.78 is 19.4. The third kappa shape index (κ3) is 32.0. The Morgan fingerprint density at radius 3 is 1.10 bits per heavy atom. The fourth-order valence-corrected chi connectivity index (χ4v) is 19.2. The molecule has 3 aromatic rings. The molecule has 0 aromatic carbocycles. The molecule has 1 aliphatic heterocycles. The zero-order chi connectivity index (χ0) is 69.5. The van der Waals surface area contributed by atoms with E-state index in [0.717, 1.165) is 31.4 Å². The lowest BCUT2D eigenvalue weighted by atomic mass is 9.84. The number of ether oxygens (including phenoxy) is 1. The summed E-state index contributed by atoms with van der Waals surface area (Å²) in [6, 6.07) is 2.51. The van der Waals surface area contributed by atoms with Crippen LogP contribution in [0.1, 0.15) is 479 Å². The molecule has 5 nitrogen and oxygen atoms in total. The van der Waals surface area contributed by atoms with Crippen molar-refractivity contribution in [1.82, 2.24) is 4.98 Å². The van der Waals surface area contributed by atoms with Gasteiger partial charge in [0.05, 0.1) is 6.10 Å². The maximum Gasteiger partial charge on any atom is 0.130 e. The lowest BCUT2D eigenvalue weighted by Gasteiger charge is -2.29. The van der Waals surface area contributed by atoms with Crippen molar-refractivity contribution in [2.45, 2.75) is 488 Å². The molecular weight excluding hydrogens is 1230 g/mol. The van der Waals surface area contributed by atoms with Gasteiger partial charge in [0.2, 0.25) is 0 Å². The molecule has 4 bridgehead atoms. The number of aryl methyl sites for hydroxylation is 6. The van der Waals surface area contributed by atoms with Crippen molar-refractivity contribution in [2.75, 3.05) is 0 Å². The molecule has 0 radical (unpaired) electrons. The second kappa shape index (κ2) is 51.8. The first kappa shape index (κ1) is 81.8. The van der Waals surface area contributed by atoms with Gasteiger partial charge in [0.1, 0.15) is 34.6 Å². The van der Waals surface area contributed by atoms with E-state index in [9.17, 15) is 5.11 Å². The minimum atomic E-state index is -0.326. The summed E-state index contributed by atoms with van der Waals surface area (Å²) in [5, 5.41) is 10.2. The number of aliphatic hydroxyl groups excluding tert-OH is 1. The lowest BCUT2D eigenvalue weighted by molar-refractivity contribution is 0.208. The fourth-order valence-electron chi connectivity index (χ4n) is 19.2. The van der Waals surface area contributed by atoms with E-state index in [1.807, 2.05) is 6.08 Å². The highest BCUT2D eigenvalue weighted by molar-refractivity contribution is 5.53. The summed E-state index contributed by atoms with van der Waals surface area (Å²) in [6.45, 7) is 0. The molecule has 0 saturated heterocycles. The van der Waals surface area contributed by atoms with Gasteiger partial charge in [-0.15, -0.1) is 0 Å². The van der Waals surface area contributed by atoms with Gasteiger partial charge < -0.3 is 18.7 Å². The Kier molecular flexibility index (Phi) is 42.0. The largest absolute Gasteiger partial charge is 0.466 e. The van der Waals surface area contributed by atoms with Gasteiger partial charge >= 0.3 is 0 Å². The van der Waals surface area contributed by atoms with E-state index in [-0.39, 0.29) is 6.10 Å². The van der Waals surface area contributed by atoms with E-state index in [4.69, 9.17) is 18.6 Å². The molecular formula is C96H157NO4. The molecule has 3 aromatic heterocycles. The van der Waals surface area contributed by atoms with Crippen LogP contribution in [-0.2, 0) is 75.4 Å². The number of aliphatic hydroxyl groups is 1. The quantitative estimate of drug-likeness (QED) is 0.243. The van der Waals surface area contributed by atoms with Gasteiger partial charge in [-0.05, 0) is 212 Å². The van der Waals surface area contributed by atoms with Crippen molar-refractivity contribution in [3.63, 3.8) is 0 Å². The van der Waals surface area contributed by atoms with Crippen molar-refractivity contribution in [2.24, 2.45) is 5.92 Å². The van der Waals surface area contributed by atoms with Gasteiger partial charge in [-0.25, -0.2) is 0 Å². The highest BCUT2D eigenvalue weighted by Gasteiger charge is 2.26. The average molecular weight is 1390 g/mol. The van der Waals surface area contributed by atoms with E-state index in [0.29, 0.717) is 5.92 Å². The van der Waals surface area contributed by atoms with E-state index in [2.05, 4.69) is 18.2 Å². The Morgan fingerprint density at radius 1 is 0.287 bits per heavy atom. The number of rotatable bonds is 0. The molecule has 8 aliphatic carbocycles. The number of aromatic nitrogens is 1. The van der Waals surface area contributed by atoms with Crippen LogP contribution in [-0.4, -0.2) is 16.2 Å². The first-order chi connectivity index (χ1) is 50.2. The highest BCUT2D eigenvalue weighted by atomic mass is 16.5. The molecule has 1 N–H and O–H groups in total. The summed E-state index contributed by atoms with van der Waals surface area (Å²) >= 11 is 0. The van der Waals surface area contributed by atoms with Gasteiger partial charge in [0.15, 0.2) is 0 Å². The SMILES string of the molecule is C1=C2CCCCCCCCCC1C1=C(CCCCCCCCCC1)O2.C1CCCCCc2c(oc3c2CCCCCCCCCC3)CCCC1.OC1/C=C/c2oc3c(c2CCCCCCC1)CCCCCCCCCC3.c1c2nc3c(c1CCCCCCCCC2)CCCCCCCCCC3. The molecule has 0 saturated carbocycles. The van der Waals surface area contributed by atoms with Crippen LogP contribution in [0.5, 0.6) is 0 Å². The van der Waals surface area contributed by atoms with Crippen molar-refractivity contribution >= 4 is 6.08 Å². The molecule has 5 heteroatoms. The molecule has 9 aliphatic rings. The summed E-state index contributed by atoms with van der Waals surface area (Å²) in [5.41, 5.74) is 14.2. The molecule has 0 fully saturated rings. The highest BCUT2D eigenvalue weighted by Crippen LogP contribution is 2.40. The number of allylic oxidation sites excluding steroid dienone is 4. The summed E-state index contributed by atoms with van der Waals surface area (Å²) in [6.07, 6.45) is 108. The summed E-state index contributed by atoms with van der Waals surface area (Å²) in [4.78, 5) is 5.20. The van der Waals surface area contributed by atoms with E-state index in [1.54, 1.807) is 27.8 Å². The maximum atomic E-state index is 10.2. The van der Waals surface area contributed by atoms with Crippen LogP contribution < -0.4 is 0 Å². The predicted molar refractivity (Wildman–Crippen MR) is 433 cm³/mol. The number of fused-ring (bicyclic) bond motifs is 12. The van der Waals surface area contributed by atoms with Crippen molar-refractivity contribution < 1.29 is 18.7 Å². The summed E-state index contributed by atoms with van der Waals surface area (Å²) in [7, 11) is 0. The second-order valence-corrected chi connectivity index (χ2v) is 34.1. The van der Waals surface area contributed by atoms with Crippen LogP contribution in [0.25, 0.3) is 6.08 Å². The van der Waals surface area contributed by atoms with E-state index >= 15 is 0 Å². The maximum absolute atomic E-state index is 10.2. The van der Waals surface area contributed by atoms with Crippen LogP contribution in [0, 0.1) is 5.92 Å². The number of hydrogen-bond acceptors (Lipinski definition) is 5. The second-order valence-electron chi connectivity index (χ2n) is 34.1. The van der Waals surface area contributed by atoms with Crippen LogP contribution in [0.3, 0.4) is 0 Å². The van der Waals surface area contributed by atoms with Crippen LogP contribution in [0.2, 0.25) is 0 Å². The standard InChI is InChI=1S/C24H39N.C24H38O2.2C24H40O/c1-2-7-11-15-19-24-23(18-14-10-6-1)21-16-12-8-4-3-5-9-13-17-22(20-21)25-24;25-20-14-10-6-5-8-12-16-22-21-15-11-7-3-1-2-4-9-13-17-23(21)26-24(22)19-18-20;1-3-7-11-15-19-23-21(17-13-9-5-1)22-18-14-10-6-2-4-8-12-16-20-24(22)25-23;1-2-7-11-15-19-24-23(18-14-10-6-1)21-16-12-8-4-3-5-9-13-17-22(20-21)25-24/h20H,1-19H2;18-20,25H,1-17H2;1-20H2;20-21H,1-19H2/b;19-18+;;. The molecule has 570 valence electrons. The number of nitrogens with zero attached hydrogens (tertiary/aromatic N) is 1. The van der Waals surface area contributed by atoms with Gasteiger partial charge in [-0.2, -0.15) is 0 Å². The van der Waals surface area contributed by atoms with Crippen LogP contribution in [0.15, 0.2) is 44.1 Å². The van der Waals surface area contributed by atoms with E-state index in [1.165, 1.54) is 507 Å². The Labute approximate surface area is 622 Å². The van der Waals surface area contributed by atoms with E-state index < -0.39 is 0 Å². The molecule has 2 unspecified atom stereocenters. The van der Waals surface area contributed by atoms with Gasteiger partial charge in [-0.3, -0.25) is 4.98 Å². The van der Waals surface area contributed by atoms with Gasteiger partial charge in [0.25, 0.3) is 0 Å². The number of furan rings is 2. The van der Waals surface area contributed by atoms with Crippen LogP contribution in [0.4, 0.5) is 0 Å². The molecule has 2 atom stereocenters. The summed E-state index contributed by atoms with van der Waals surface area (Å²) in [5.74, 6) is 8.49. The smallest absolute Gasteiger partial charge is 0.130 e. The first-order valence-electron chi connectivity index (χ1n) is 45.9. The van der Waals surface area contributed by atoms with Crippen LogP contribution >= 0.6 is 0 Å². The normalized spacial score (nSPS) is 24.5. The topological polar surface area (TPSA) is 68.6 Å². The predicted octanol–water partition coefficient (Wildman–Crippen LogP) is 29.8. The average Bonchev–Trinajstić information content (AvgIpc) is 1.09. The fraction of sp³-hybridized carbons (Fsp3) is 0.802. The number of pyridine rings is 1. The minimum absolute atomic E-state index is 0.326. The van der Waals surface area contributed by atoms with Gasteiger partial charge in [-0.1, -0.05) is 295 Å². The minimum Gasteiger partial charge on any atom is -0.466 e. The molecule has 0 amide bonds. The molecule has 4 heterocycles. The van der Waals surface area contributed by atoms with Crippen molar-refractivity contribution in [3.8, 4) is 0 Å². The van der Waals surface area contributed by atoms with Gasteiger partial charge in [0, 0.05) is 55.0 Å². The Bertz CT molecular complexity index is 2680. The third-order valence-electron chi connectivity index (χ3n) is 25.5. The molecule has 101 heavy (non-hydrogen) atoms. The Balaban J connectivity index is 0.000000157. The van der Waals surface area contributed by atoms with Crippen molar-refractivity contribution in [1.29, 1.82) is 0 Å². The first-order valence-corrected chi connectivity index (χ1v) is 45.9. The Morgan fingerprint density at radius 2 is 0.624 bits per heavy atom. The number of hydrogen-bond donors (Lipinski definition) is 1. The molecule has 0 spiro atoms. The zero-order valence-electron chi connectivity index (χ0n) is 66.1. The van der Waals surface area contributed by atoms with Crippen molar-refractivity contribution in [3.05, 3.63) is 103 Å². The third-order valence-corrected chi connectivity index (χ3v) is 25.5. The monoisotopic (exact) mass is 1390 g/mol. The molecule has 12 rings (SSSR count).